The molecule has 0 radical (unpaired) electrons. The lowest BCUT2D eigenvalue weighted by Crippen LogP contribution is -2.62. The van der Waals surface area contributed by atoms with Gasteiger partial charge in [-0.2, -0.15) is 17.7 Å². The van der Waals surface area contributed by atoms with Crippen molar-refractivity contribution >= 4 is 45.1 Å². The number of hydrogen-bond acceptors (Lipinski definition) is 9. The van der Waals surface area contributed by atoms with Crippen LogP contribution >= 0.6 is 0 Å². The van der Waals surface area contributed by atoms with Gasteiger partial charge in [0.2, 0.25) is 11.8 Å². The van der Waals surface area contributed by atoms with Crippen molar-refractivity contribution < 1.29 is 37.1 Å². The second kappa shape index (κ2) is 16.2. The highest BCUT2D eigenvalue weighted by molar-refractivity contribution is 7.87. The van der Waals surface area contributed by atoms with Gasteiger partial charge in [0.25, 0.3) is 11.9 Å². The van der Waals surface area contributed by atoms with E-state index in [-0.39, 0.29) is 25.4 Å². The molecule has 2 aliphatic rings. The molecule has 4 rings (SSSR count). The van der Waals surface area contributed by atoms with E-state index in [1.54, 1.807) is 33.8 Å². The third-order valence-electron chi connectivity index (χ3n) is 9.28. The zero-order chi connectivity index (χ0) is 38.6. The summed E-state index contributed by atoms with van der Waals surface area (Å²) in [7, 11) is -1.62. The molecule has 0 saturated carbocycles. The molecule has 2 aliphatic heterocycles. The van der Waals surface area contributed by atoms with Gasteiger partial charge in [-0.3, -0.25) is 19.0 Å². The number of amides is 4. The van der Waals surface area contributed by atoms with Crippen molar-refractivity contribution in [3.05, 3.63) is 35.9 Å². The number of benzene rings is 1. The minimum absolute atomic E-state index is 0.0140. The van der Waals surface area contributed by atoms with Crippen molar-refractivity contribution in [3.63, 3.8) is 0 Å². The monoisotopic (exact) mass is 745 g/mol. The number of rotatable bonds is 8. The van der Waals surface area contributed by atoms with E-state index in [1.165, 1.54) is 25.1 Å². The topological polar surface area (TPSA) is 181 Å². The molecule has 0 aliphatic carbocycles. The molecule has 0 unspecified atom stereocenters. The quantitative estimate of drug-likeness (QED) is 0.338. The maximum Gasteiger partial charge on any atom is 0.408 e. The van der Waals surface area contributed by atoms with Gasteiger partial charge in [-0.15, -0.1) is 0 Å². The number of aromatic nitrogens is 2. The Labute approximate surface area is 307 Å². The van der Waals surface area contributed by atoms with Crippen molar-refractivity contribution in [1.29, 1.82) is 0 Å². The van der Waals surface area contributed by atoms with Crippen LogP contribution in [0.3, 0.4) is 0 Å². The molecule has 3 N–H and O–H groups in total. The smallest absolute Gasteiger partial charge is 0.408 e. The highest BCUT2D eigenvalue weighted by atomic mass is 32.2. The lowest BCUT2D eigenvalue weighted by molar-refractivity contribution is -0.141. The molecular formula is C36H55N7O8S. The third kappa shape index (κ3) is 9.43. The number of allylic oxidation sites excluding steroid dienone is 1. The Bertz CT molecular complexity index is 1780. The first-order valence-electron chi connectivity index (χ1n) is 18.0. The Morgan fingerprint density at radius 2 is 1.87 bits per heavy atom. The number of ether oxygens (including phenoxy) is 2. The van der Waals surface area contributed by atoms with Crippen molar-refractivity contribution in [2.75, 3.05) is 20.6 Å². The zero-order valence-electron chi connectivity index (χ0n) is 31.8. The number of alkyl carbamates (subject to hydrolysis) is 1. The highest BCUT2D eigenvalue weighted by Crippen LogP contribution is 2.32. The van der Waals surface area contributed by atoms with E-state index in [4.69, 9.17) is 14.5 Å². The van der Waals surface area contributed by atoms with Crippen LogP contribution in [-0.2, 0) is 29.3 Å². The molecule has 288 valence electrons. The molecule has 4 atom stereocenters. The lowest BCUT2D eigenvalue weighted by Gasteiger charge is -2.34. The Hall–Kier alpha value is -4.18. The van der Waals surface area contributed by atoms with E-state index < -0.39 is 63.4 Å². The fraction of sp³-hybridized carbons (Fsp3) is 0.639. The molecule has 1 aromatic heterocycles. The summed E-state index contributed by atoms with van der Waals surface area (Å²) in [6, 6.07) is 3.98. The van der Waals surface area contributed by atoms with Crippen LogP contribution in [-0.4, -0.2) is 101 Å². The van der Waals surface area contributed by atoms with E-state index in [1.807, 2.05) is 43.5 Å². The van der Waals surface area contributed by atoms with Crippen LogP contribution in [0, 0.1) is 6.92 Å². The fourth-order valence-electron chi connectivity index (χ4n) is 6.51. The normalized spacial score (nSPS) is 24.3. The minimum atomic E-state index is -4.20. The summed E-state index contributed by atoms with van der Waals surface area (Å²) < 4.78 is 42.4. The number of fused-ring (bicyclic) bond motifs is 2. The van der Waals surface area contributed by atoms with Gasteiger partial charge in [-0.25, -0.2) is 9.52 Å². The number of imidazole rings is 1. The summed E-state index contributed by atoms with van der Waals surface area (Å²) >= 11 is 0. The largest absolute Gasteiger partial charge is 0.459 e. The zero-order valence-corrected chi connectivity index (χ0v) is 32.6. The average Bonchev–Trinajstić information content (AvgIpc) is 3.63. The highest BCUT2D eigenvalue weighted by Gasteiger charge is 2.47. The first-order chi connectivity index (χ1) is 24.3. The van der Waals surface area contributed by atoms with E-state index in [0.29, 0.717) is 38.1 Å². The Morgan fingerprint density at radius 1 is 1.15 bits per heavy atom. The number of aryl methyl sites for hydroxylation is 1. The predicted molar refractivity (Wildman–Crippen MR) is 197 cm³/mol. The van der Waals surface area contributed by atoms with Gasteiger partial charge < -0.3 is 25.0 Å². The summed E-state index contributed by atoms with van der Waals surface area (Å²) in [5.74, 6) is -2.11. The molecule has 1 saturated heterocycles. The van der Waals surface area contributed by atoms with Gasteiger partial charge in [-0.05, 0) is 78.9 Å². The van der Waals surface area contributed by atoms with Gasteiger partial charge in [0.05, 0.1) is 17.6 Å². The molecule has 4 amide bonds. The summed E-state index contributed by atoms with van der Waals surface area (Å²) in [5, 5.41) is 5.55. The second-order valence-electron chi connectivity index (χ2n) is 15.1. The molecular weight excluding hydrogens is 691 g/mol. The summed E-state index contributed by atoms with van der Waals surface area (Å²) in [6.07, 6.45) is 4.73. The Kier molecular flexibility index (Phi) is 12.7. The SMILES string of the molecule is CC[C@]1(C(=O)NS(=O)(=O)N(C)C)/C=C\CCCCC[C@H](NC(=O)OC(C)(C)C)C(=O)N2C[C@H](Oc3nc4cccc(C)c4n3C(C)C)C[C@H]2C(=O)N1. The molecule has 2 aromatic rings. The van der Waals surface area contributed by atoms with Crippen LogP contribution < -0.4 is 20.1 Å². The van der Waals surface area contributed by atoms with E-state index in [9.17, 15) is 27.6 Å². The molecule has 15 nitrogen and oxygen atoms in total. The Balaban J connectivity index is 1.75. The molecule has 1 aromatic carbocycles. The number of nitrogens with zero attached hydrogens (tertiary/aromatic N) is 4. The van der Waals surface area contributed by atoms with Gasteiger partial charge in [-0.1, -0.05) is 44.1 Å². The average molecular weight is 746 g/mol. The molecule has 52 heavy (non-hydrogen) atoms. The van der Waals surface area contributed by atoms with Crippen LogP contribution in [0.5, 0.6) is 6.01 Å². The van der Waals surface area contributed by atoms with Crippen molar-refractivity contribution in [2.24, 2.45) is 0 Å². The van der Waals surface area contributed by atoms with Crippen molar-refractivity contribution in [1.82, 2.24) is 34.1 Å². The van der Waals surface area contributed by atoms with Crippen molar-refractivity contribution in [3.8, 4) is 6.01 Å². The molecule has 16 heteroatoms. The van der Waals surface area contributed by atoms with E-state index in [0.717, 1.165) is 20.9 Å². The number of nitrogens with one attached hydrogen (secondary N) is 3. The van der Waals surface area contributed by atoms with Crippen LogP contribution in [0.1, 0.15) is 98.1 Å². The van der Waals surface area contributed by atoms with E-state index in [2.05, 4.69) is 15.4 Å². The van der Waals surface area contributed by atoms with Gasteiger partial charge >= 0.3 is 16.3 Å². The Morgan fingerprint density at radius 3 is 2.50 bits per heavy atom. The van der Waals surface area contributed by atoms with Crippen LogP contribution in [0.2, 0.25) is 0 Å². The van der Waals surface area contributed by atoms with E-state index >= 15 is 0 Å². The van der Waals surface area contributed by atoms with Gasteiger partial charge in [0.15, 0.2) is 0 Å². The molecule has 0 bridgehead atoms. The first-order valence-corrected chi connectivity index (χ1v) is 19.4. The lowest BCUT2D eigenvalue weighted by atomic mass is 9.92. The first kappa shape index (κ1) is 40.6. The van der Waals surface area contributed by atoms with Crippen LogP contribution in [0.15, 0.2) is 30.4 Å². The third-order valence-corrected chi connectivity index (χ3v) is 10.7. The number of para-hydroxylation sites is 1. The number of hydrogen-bond donors (Lipinski definition) is 3. The maximum absolute atomic E-state index is 14.5. The number of carbonyl (C=O) groups excluding carboxylic acids is 4. The van der Waals surface area contributed by atoms with Crippen molar-refractivity contribution in [2.45, 2.75) is 129 Å². The second-order valence-corrected chi connectivity index (χ2v) is 16.9. The molecule has 0 spiro atoms. The van der Waals surface area contributed by atoms with Crippen LogP contribution in [0.4, 0.5) is 4.79 Å². The predicted octanol–water partition coefficient (Wildman–Crippen LogP) is 3.88. The summed E-state index contributed by atoms with van der Waals surface area (Å²) in [5.41, 5.74) is 0.114. The molecule has 1 fully saturated rings. The maximum atomic E-state index is 14.5. The summed E-state index contributed by atoms with van der Waals surface area (Å²) in [6.45, 7) is 12.8. The number of carbonyl (C=O) groups is 4. The minimum Gasteiger partial charge on any atom is -0.459 e. The fourth-order valence-corrected chi connectivity index (χ4v) is 7.11. The van der Waals surface area contributed by atoms with Gasteiger partial charge in [0.1, 0.15) is 29.3 Å². The molecule has 3 heterocycles. The standard InChI is InChI=1S/C36H55N7O8S/c1-10-36(32(46)40-52(48,49)41(8)9)20-15-13-11-12-14-18-27(38-34(47)51-35(5,6)7)31(45)42-22-25(21-28(42)30(44)39-36)50-33-37-26-19-16-17-24(4)29(26)43(33)23(2)3/h15-17,19-20,23,25,27-28H,10-14,18,21-22H2,1-9H3,(H,38,47)(H,39,44)(H,40,46)/b20-15-/t25-,27+,28+,36-/m1/s1. The van der Waals surface area contributed by atoms with Crippen LogP contribution in [0.25, 0.3) is 11.0 Å². The summed E-state index contributed by atoms with van der Waals surface area (Å²) in [4.78, 5) is 61.7. The van der Waals surface area contributed by atoms with Gasteiger partial charge in [0, 0.05) is 26.6 Å².